The van der Waals surface area contributed by atoms with Crippen LogP contribution in [0.2, 0.25) is 0 Å². The molecule has 0 aromatic heterocycles. The number of hydrogen-bond donors (Lipinski definition) is 1. The number of aliphatic imine (C=N–C) groups is 1. The van der Waals surface area contributed by atoms with E-state index in [0.717, 1.165) is 78.1 Å². The van der Waals surface area contributed by atoms with Crippen molar-refractivity contribution in [1.29, 1.82) is 0 Å². The van der Waals surface area contributed by atoms with Gasteiger partial charge in [-0.25, -0.2) is 4.99 Å². The highest BCUT2D eigenvalue weighted by Gasteiger charge is 2.27. The number of carbonyl (C=O) groups is 1. The van der Waals surface area contributed by atoms with Crippen molar-refractivity contribution in [2.45, 2.75) is 19.8 Å². The molecule has 2 rings (SSSR count). The Morgan fingerprint density at radius 2 is 2.04 bits per heavy atom. The summed E-state index contributed by atoms with van der Waals surface area (Å²) in [6.07, 6.45) is 2.10. The molecule has 2 aliphatic rings. The fourth-order valence-corrected chi connectivity index (χ4v) is 3.39. The van der Waals surface area contributed by atoms with Crippen LogP contribution < -0.4 is 5.32 Å². The standard InChI is InChI=1S/C19H37N5O3.HI/c1-4-26-11-5-7-20-19(21-14-18(25)22(2)3)24-8-6-17(16-24)15-23-9-12-27-13-10-23;/h17H,4-16H2,1-3H3,(H,20,21);1H. The number of morpholine rings is 1. The average Bonchev–Trinajstić information content (AvgIpc) is 3.12. The second-order valence-electron chi connectivity index (χ2n) is 7.42. The smallest absolute Gasteiger partial charge is 0.243 e. The van der Waals surface area contributed by atoms with Gasteiger partial charge in [0.1, 0.15) is 6.54 Å². The molecule has 0 aromatic rings. The minimum Gasteiger partial charge on any atom is -0.382 e. The molecule has 0 saturated carbocycles. The molecule has 9 heteroatoms. The summed E-state index contributed by atoms with van der Waals surface area (Å²) < 4.78 is 10.8. The van der Waals surface area contributed by atoms with E-state index in [2.05, 4.69) is 20.1 Å². The van der Waals surface area contributed by atoms with Crippen molar-refractivity contribution in [3.8, 4) is 0 Å². The van der Waals surface area contributed by atoms with Crippen LogP contribution in [0.3, 0.4) is 0 Å². The largest absolute Gasteiger partial charge is 0.382 e. The van der Waals surface area contributed by atoms with Crippen molar-refractivity contribution in [3.05, 3.63) is 0 Å². The number of guanidine groups is 1. The number of likely N-dealkylation sites (tertiary alicyclic amines) is 1. The van der Waals surface area contributed by atoms with Crippen LogP contribution in [0.5, 0.6) is 0 Å². The highest BCUT2D eigenvalue weighted by Crippen LogP contribution is 2.18. The zero-order chi connectivity index (χ0) is 19.5. The van der Waals surface area contributed by atoms with Gasteiger partial charge < -0.3 is 24.6 Å². The summed E-state index contributed by atoms with van der Waals surface area (Å²) in [6, 6.07) is 0. The van der Waals surface area contributed by atoms with Crippen LogP contribution in [0.4, 0.5) is 0 Å². The van der Waals surface area contributed by atoms with Gasteiger partial charge in [-0.15, -0.1) is 24.0 Å². The lowest BCUT2D eigenvalue weighted by Gasteiger charge is -2.29. The minimum absolute atomic E-state index is 0. The Bertz CT molecular complexity index is 472. The number of amides is 1. The Kier molecular flexibility index (Phi) is 13.0. The quantitative estimate of drug-likeness (QED) is 0.213. The molecule has 0 radical (unpaired) electrons. The Balaban J connectivity index is 0.00000392. The van der Waals surface area contributed by atoms with Gasteiger partial charge in [0.2, 0.25) is 5.91 Å². The van der Waals surface area contributed by atoms with Crippen LogP contribution in [0, 0.1) is 5.92 Å². The van der Waals surface area contributed by atoms with Gasteiger partial charge in [0.05, 0.1) is 13.2 Å². The first-order chi connectivity index (χ1) is 13.1. The summed E-state index contributed by atoms with van der Waals surface area (Å²) in [7, 11) is 3.53. The molecule has 0 aliphatic carbocycles. The van der Waals surface area contributed by atoms with Crippen molar-refractivity contribution in [2.75, 3.05) is 86.3 Å². The Labute approximate surface area is 187 Å². The summed E-state index contributed by atoms with van der Waals surface area (Å²) in [4.78, 5) is 22.9. The molecule has 2 saturated heterocycles. The van der Waals surface area contributed by atoms with Gasteiger partial charge in [0, 0.05) is 66.6 Å². The molecule has 0 spiro atoms. The lowest BCUT2D eigenvalue weighted by atomic mass is 10.1. The maximum atomic E-state index is 11.9. The molecule has 2 fully saturated rings. The Morgan fingerprint density at radius 1 is 1.29 bits per heavy atom. The number of nitrogens with zero attached hydrogens (tertiary/aromatic N) is 4. The molecule has 1 amide bonds. The Hall–Kier alpha value is -0.650. The number of halogens is 1. The molecule has 1 atom stereocenters. The zero-order valence-corrected chi connectivity index (χ0v) is 20.0. The highest BCUT2D eigenvalue weighted by atomic mass is 127. The van der Waals surface area contributed by atoms with Crippen LogP contribution in [-0.2, 0) is 14.3 Å². The molecule has 164 valence electrons. The van der Waals surface area contributed by atoms with Gasteiger partial charge in [-0.05, 0) is 25.7 Å². The van der Waals surface area contributed by atoms with Gasteiger partial charge in [0.15, 0.2) is 5.96 Å². The van der Waals surface area contributed by atoms with E-state index >= 15 is 0 Å². The first kappa shape index (κ1) is 25.4. The van der Waals surface area contributed by atoms with Crippen molar-refractivity contribution >= 4 is 35.8 Å². The third-order valence-electron chi connectivity index (χ3n) is 5.02. The molecule has 0 aromatic carbocycles. The number of hydrogen-bond acceptors (Lipinski definition) is 5. The van der Waals surface area contributed by atoms with Crippen molar-refractivity contribution < 1.29 is 14.3 Å². The van der Waals surface area contributed by atoms with Gasteiger partial charge >= 0.3 is 0 Å². The highest BCUT2D eigenvalue weighted by molar-refractivity contribution is 14.0. The zero-order valence-electron chi connectivity index (χ0n) is 17.7. The minimum atomic E-state index is 0. The first-order valence-electron chi connectivity index (χ1n) is 10.2. The summed E-state index contributed by atoms with van der Waals surface area (Å²) in [6.45, 7) is 11.3. The third-order valence-corrected chi connectivity index (χ3v) is 5.02. The van der Waals surface area contributed by atoms with Crippen LogP contribution >= 0.6 is 24.0 Å². The van der Waals surface area contributed by atoms with Gasteiger partial charge in [-0.3, -0.25) is 9.69 Å². The monoisotopic (exact) mass is 511 g/mol. The first-order valence-corrected chi connectivity index (χ1v) is 10.2. The predicted molar refractivity (Wildman–Crippen MR) is 122 cm³/mol. The van der Waals surface area contributed by atoms with Gasteiger partial charge in [-0.1, -0.05) is 0 Å². The fraction of sp³-hybridized carbons (Fsp3) is 0.895. The van der Waals surface area contributed by atoms with E-state index in [1.165, 1.54) is 6.42 Å². The summed E-state index contributed by atoms with van der Waals surface area (Å²) in [5, 5.41) is 3.43. The number of likely N-dealkylation sites (N-methyl/N-ethyl adjacent to an activating group) is 1. The molecule has 1 unspecified atom stereocenters. The van der Waals surface area contributed by atoms with E-state index in [4.69, 9.17) is 9.47 Å². The average molecular weight is 511 g/mol. The predicted octanol–water partition coefficient (Wildman–Crippen LogP) is 0.719. The van der Waals surface area contributed by atoms with Crippen LogP contribution in [0.15, 0.2) is 4.99 Å². The number of ether oxygens (including phenoxy) is 2. The van der Waals surface area contributed by atoms with E-state index in [1.807, 2.05) is 6.92 Å². The summed E-state index contributed by atoms with van der Waals surface area (Å²) in [5.74, 6) is 1.52. The van der Waals surface area contributed by atoms with E-state index < -0.39 is 0 Å². The lowest BCUT2D eigenvalue weighted by molar-refractivity contribution is -0.127. The Morgan fingerprint density at radius 3 is 2.71 bits per heavy atom. The molecular weight excluding hydrogens is 473 g/mol. The number of rotatable bonds is 9. The molecule has 28 heavy (non-hydrogen) atoms. The molecular formula is C19H38IN5O3. The summed E-state index contributed by atoms with van der Waals surface area (Å²) >= 11 is 0. The van der Waals surface area contributed by atoms with Crippen LogP contribution in [0.25, 0.3) is 0 Å². The number of nitrogens with one attached hydrogen (secondary N) is 1. The molecule has 2 aliphatic heterocycles. The fourth-order valence-electron chi connectivity index (χ4n) is 3.39. The van der Waals surface area contributed by atoms with Crippen LogP contribution in [-0.4, -0.2) is 113 Å². The normalized spacial score (nSPS) is 20.8. The van der Waals surface area contributed by atoms with E-state index in [9.17, 15) is 4.79 Å². The third kappa shape index (κ3) is 9.23. The molecule has 2 heterocycles. The SMILES string of the molecule is CCOCCCNC(=NCC(=O)N(C)C)N1CCC(CN2CCOCC2)C1.I. The maximum Gasteiger partial charge on any atom is 0.243 e. The maximum absolute atomic E-state index is 11.9. The van der Waals surface area contributed by atoms with Crippen LogP contribution in [0.1, 0.15) is 19.8 Å². The second kappa shape index (κ2) is 14.4. The topological polar surface area (TPSA) is 69.6 Å². The summed E-state index contributed by atoms with van der Waals surface area (Å²) in [5.41, 5.74) is 0. The van der Waals surface area contributed by atoms with E-state index in [-0.39, 0.29) is 36.4 Å². The number of carbonyl (C=O) groups excluding carboxylic acids is 1. The van der Waals surface area contributed by atoms with E-state index in [1.54, 1.807) is 19.0 Å². The lowest BCUT2D eigenvalue weighted by Crippen LogP contribution is -2.43. The molecule has 0 bridgehead atoms. The second-order valence-corrected chi connectivity index (χ2v) is 7.42. The van der Waals surface area contributed by atoms with Gasteiger partial charge in [0.25, 0.3) is 0 Å². The molecule has 1 N–H and O–H groups in total. The van der Waals surface area contributed by atoms with E-state index in [0.29, 0.717) is 5.92 Å². The van der Waals surface area contributed by atoms with Crippen molar-refractivity contribution in [1.82, 2.24) is 20.0 Å². The van der Waals surface area contributed by atoms with Gasteiger partial charge in [-0.2, -0.15) is 0 Å². The van der Waals surface area contributed by atoms with Crippen molar-refractivity contribution in [3.63, 3.8) is 0 Å². The molecule has 8 nitrogen and oxygen atoms in total. The van der Waals surface area contributed by atoms with Crippen molar-refractivity contribution in [2.24, 2.45) is 10.9 Å².